The third-order valence-corrected chi connectivity index (χ3v) is 7.56. The Balaban J connectivity index is 1.47. The molecular formula is C28H39N5O4. The number of carbonyl (C=O) groups is 3. The fourth-order valence-corrected chi connectivity index (χ4v) is 5.19. The Kier molecular flexibility index (Phi) is 8.97. The molecule has 2 fully saturated rings. The summed E-state index contributed by atoms with van der Waals surface area (Å²) in [6, 6.07) is 11.1. The number of nitrogens with zero attached hydrogens (tertiary/aromatic N) is 3. The normalized spacial score (nSPS) is 21.7. The van der Waals surface area contributed by atoms with Crippen LogP contribution in [0.4, 0.5) is 0 Å². The van der Waals surface area contributed by atoms with E-state index in [0.717, 1.165) is 30.5 Å². The number of nitrogens with one attached hydrogen (secondary N) is 2. The van der Waals surface area contributed by atoms with Gasteiger partial charge < -0.3 is 20.3 Å². The van der Waals surface area contributed by atoms with Crippen LogP contribution in [0.3, 0.4) is 0 Å². The molecule has 9 heteroatoms. The molecule has 1 atom stereocenters. The van der Waals surface area contributed by atoms with E-state index in [0.29, 0.717) is 64.3 Å². The summed E-state index contributed by atoms with van der Waals surface area (Å²) in [5.41, 5.74) is 1.71. The largest absolute Gasteiger partial charge is 0.381 e. The van der Waals surface area contributed by atoms with Crippen LogP contribution in [-0.4, -0.2) is 71.3 Å². The van der Waals surface area contributed by atoms with E-state index in [1.165, 1.54) is 0 Å². The molecule has 1 aromatic carbocycles. The highest BCUT2D eigenvalue weighted by Crippen LogP contribution is 2.38. The van der Waals surface area contributed by atoms with E-state index in [1.54, 1.807) is 11.6 Å². The summed E-state index contributed by atoms with van der Waals surface area (Å²) < 4.78 is 7.44. The van der Waals surface area contributed by atoms with Crippen LogP contribution in [0.25, 0.3) is 11.3 Å². The summed E-state index contributed by atoms with van der Waals surface area (Å²) in [4.78, 5) is 41.3. The highest BCUT2D eigenvalue weighted by atomic mass is 16.5. The quantitative estimate of drug-likeness (QED) is 0.662. The van der Waals surface area contributed by atoms with Crippen molar-refractivity contribution in [3.63, 3.8) is 0 Å². The molecule has 0 unspecified atom stereocenters. The fraction of sp³-hybridized carbons (Fsp3) is 0.571. The van der Waals surface area contributed by atoms with E-state index in [4.69, 9.17) is 4.74 Å². The third kappa shape index (κ3) is 6.39. The van der Waals surface area contributed by atoms with E-state index in [-0.39, 0.29) is 17.7 Å². The lowest BCUT2D eigenvalue weighted by Crippen LogP contribution is -2.54. The van der Waals surface area contributed by atoms with Crippen LogP contribution >= 0.6 is 0 Å². The van der Waals surface area contributed by atoms with Gasteiger partial charge in [0.2, 0.25) is 11.8 Å². The lowest BCUT2D eigenvalue weighted by Gasteiger charge is -2.41. The van der Waals surface area contributed by atoms with Gasteiger partial charge in [0.25, 0.3) is 5.91 Å². The third-order valence-electron chi connectivity index (χ3n) is 7.56. The van der Waals surface area contributed by atoms with Crippen molar-refractivity contribution in [1.29, 1.82) is 0 Å². The van der Waals surface area contributed by atoms with E-state index < -0.39 is 11.5 Å². The van der Waals surface area contributed by atoms with Crippen molar-refractivity contribution in [1.82, 2.24) is 25.3 Å². The molecule has 0 aliphatic carbocycles. The van der Waals surface area contributed by atoms with Gasteiger partial charge in [-0.25, -0.2) is 0 Å². The van der Waals surface area contributed by atoms with Crippen molar-refractivity contribution < 1.29 is 19.1 Å². The van der Waals surface area contributed by atoms with E-state index in [9.17, 15) is 14.4 Å². The Hall–Kier alpha value is -3.20. The molecule has 9 nitrogen and oxygen atoms in total. The van der Waals surface area contributed by atoms with Crippen LogP contribution in [0.5, 0.6) is 0 Å². The Labute approximate surface area is 218 Å². The molecule has 37 heavy (non-hydrogen) atoms. The van der Waals surface area contributed by atoms with Gasteiger partial charge in [0.1, 0.15) is 11.7 Å². The molecule has 2 N–H and O–H groups in total. The molecule has 4 rings (SSSR count). The summed E-state index contributed by atoms with van der Waals surface area (Å²) in [5, 5.41) is 10.5. The van der Waals surface area contributed by atoms with Gasteiger partial charge in [-0.1, -0.05) is 36.8 Å². The Morgan fingerprint density at radius 2 is 1.81 bits per heavy atom. The zero-order valence-corrected chi connectivity index (χ0v) is 22.0. The summed E-state index contributed by atoms with van der Waals surface area (Å²) in [7, 11) is 0. The number of aryl methyl sites for hydroxylation is 1. The van der Waals surface area contributed by atoms with Gasteiger partial charge in [-0.05, 0) is 52.0 Å². The van der Waals surface area contributed by atoms with Crippen LogP contribution in [0, 0.1) is 5.41 Å². The van der Waals surface area contributed by atoms with Crippen LogP contribution in [-0.2, 0) is 20.9 Å². The molecule has 1 aromatic heterocycles. The monoisotopic (exact) mass is 509 g/mol. The van der Waals surface area contributed by atoms with Gasteiger partial charge in [-0.3, -0.25) is 19.1 Å². The first-order valence-electron chi connectivity index (χ1n) is 13.5. The number of hydrogen-bond acceptors (Lipinski definition) is 5. The number of carbonyl (C=O) groups excluding carboxylic acids is 3. The molecule has 2 aliphatic heterocycles. The average molecular weight is 510 g/mol. The second kappa shape index (κ2) is 12.4. The second-order valence-corrected chi connectivity index (χ2v) is 10.1. The standard InChI is InChI=1S/C28H39N5O4/c1-3-33-24(20-23(31-33)22-10-5-4-6-11-22)26(35)32-16-13-28(14-17-32)12-7-8-18-37-19-9-15-29-25(34)21(2)30-27(28)36/h4-6,10-11,20-21H,3,7-9,12-19H2,1-2H3,(H,29,34)(H,30,36)/t21-/m0/s1. The molecule has 2 aromatic rings. The number of hydrogen-bond donors (Lipinski definition) is 2. The van der Waals surface area contributed by atoms with Gasteiger partial charge >= 0.3 is 0 Å². The minimum Gasteiger partial charge on any atom is -0.381 e. The minimum atomic E-state index is -0.608. The second-order valence-electron chi connectivity index (χ2n) is 10.1. The molecule has 200 valence electrons. The van der Waals surface area contributed by atoms with E-state index >= 15 is 0 Å². The van der Waals surface area contributed by atoms with Crippen molar-refractivity contribution in [3.05, 3.63) is 42.1 Å². The average Bonchev–Trinajstić information content (AvgIpc) is 3.36. The predicted octanol–water partition coefficient (Wildman–Crippen LogP) is 3.00. The topological polar surface area (TPSA) is 106 Å². The molecule has 1 spiro atoms. The van der Waals surface area contributed by atoms with Gasteiger partial charge in [0.05, 0.1) is 11.1 Å². The SMILES string of the molecule is CCn1nc(-c2ccccc2)cc1C(=O)N1CCC2(CCCCOCCCNC(=O)[C@H](C)NC2=O)CC1. The maximum atomic E-state index is 13.5. The molecule has 3 amide bonds. The first kappa shape index (κ1) is 26.9. The number of likely N-dealkylation sites (tertiary alicyclic amines) is 1. The van der Waals surface area contributed by atoms with Crippen molar-refractivity contribution in [3.8, 4) is 11.3 Å². The Morgan fingerprint density at radius 1 is 1.08 bits per heavy atom. The zero-order valence-electron chi connectivity index (χ0n) is 22.0. The highest BCUT2D eigenvalue weighted by molar-refractivity contribution is 5.94. The number of aromatic nitrogens is 2. The maximum absolute atomic E-state index is 13.5. The minimum absolute atomic E-state index is 0.0613. The molecule has 0 bridgehead atoms. The van der Waals surface area contributed by atoms with Crippen molar-refractivity contribution in [2.75, 3.05) is 32.8 Å². The van der Waals surface area contributed by atoms with E-state index in [2.05, 4.69) is 15.7 Å². The highest BCUT2D eigenvalue weighted by Gasteiger charge is 2.43. The first-order valence-corrected chi connectivity index (χ1v) is 13.5. The number of piperidine rings is 1. The summed E-state index contributed by atoms with van der Waals surface area (Å²) in [5.74, 6) is -0.339. The summed E-state index contributed by atoms with van der Waals surface area (Å²) in [6.45, 7) is 7.05. The molecule has 2 aliphatic rings. The van der Waals surface area contributed by atoms with Crippen molar-refractivity contribution >= 4 is 17.7 Å². The van der Waals surface area contributed by atoms with Crippen LogP contribution < -0.4 is 10.6 Å². The number of benzene rings is 1. The van der Waals surface area contributed by atoms with Gasteiger partial charge in [-0.2, -0.15) is 5.10 Å². The smallest absolute Gasteiger partial charge is 0.272 e. The molecule has 0 saturated carbocycles. The summed E-state index contributed by atoms with van der Waals surface area (Å²) >= 11 is 0. The van der Waals surface area contributed by atoms with Crippen LogP contribution in [0.2, 0.25) is 0 Å². The Bertz CT molecular complexity index is 1080. The molecule has 3 heterocycles. The Morgan fingerprint density at radius 3 is 2.54 bits per heavy atom. The fourth-order valence-electron chi connectivity index (χ4n) is 5.19. The maximum Gasteiger partial charge on any atom is 0.272 e. The number of rotatable bonds is 3. The first-order chi connectivity index (χ1) is 17.9. The van der Waals surface area contributed by atoms with Crippen molar-refractivity contribution in [2.24, 2.45) is 5.41 Å². The van der Waals surface area contributed by atoms with E-state index in [1.807, 2.05) is 48.2 Å². The molecule has 2 saturated heterocycles. The predicted molar refractivity (Wildman–Crippen MR) is 141 cm³/mol. The van der Waals surface area contributed by atoms with Crippen molar-refractivity contribution in [2.45, 2.75) is 65.0 Å². The van der Waals surface area contributed by atoms with Gasteiger partial charge in [0, 0.05) is 45.0 Å². The van der Waals surface area contributed by atoms with Gasteiger partial charge in [0.15, 0.2) is 0 Å². The number of ether oxygens (including phenoxy) is 1. The lowest BCUT2D eigenvalue weighted by atomic mass is 9.73. The lowest BCUT2D eigenvalue weighted by molar-refractivity contribution is -0.137. The number of amides is 3. The molecular weight excluding hydrogens is 470 g/mol. The zero-order chi connectivity index (χ0) is 26.3. The summed E-state index contributed by atoms with van der Waals surface area (Å²) in [6.07, 6.45) is 4.34. The van der Waals surface area contributed by atoms with Gasteiger partial charge in [-0.15, -0.1) is 0 Å². The molecule has 0 radical (unpaired) electrons. The van der Waals surface area contributed by atoms with Crippen LogP contribution in [0.15, 0.2) is 36.4 Å². The van der Waals surface area contributed by atoms with Crippen LogP contribution in [0.1, 0.15) is 62.9 Å².